The maximum absolute atomic E-state index is 13.0. The van der Waals surface area contributed by atoms with Gasteiger partial charge in [0.25, 0.3) is 11.8 Å². The molecule has 0 spiro atoms. The van der Waals surface area contributed by atoms with E-state index < -0.39 is 9.84 Å². The molecule has 2 fully saturated rings. The third-order valence-electron chi connectivity index (χ3n) is 5.96. The van der Waals surface area contributed by atoms with Crippen molar-refractivity contribution >= 4 is 21.7 Å². The molecule has 0 aromatic heterocycles. The van der Waals surface area contributed by atoms with E-state index in [1.165, 1.54) is 0 Å². The second-order valence-corrected chi connectivity index (χ2v) is 10.5. The quantitative estimate of drug-likeness (QED) is 0.654. The molecule has 2 aliphatic rings. The average Bonchev–Trinajstić information content (AvgIpc) is 3.12. The zero-order chi connectivity index (χ0) is 21.7. The fourth-order valence-electron chi connectivity index (χ4n) is 4.36. The Hall–Kier alpha value is -1.93. The molecule has 2 heterocycles. The van der Waals surface area contributed by atoms with Crippen LogP contribution in [0.5, 0.6) is 0 Å². The molecule has 2 saturated heterocycles. The maximum atomic E-state index is 13.0. The van der Waals surface area contributed by atoms with Crippen LogP contribution in [0.25, 0.3) is 0 Å². The zero-order valence-corrected chi connectivity index (χ0v) is 18.9. The van der Waals surface area contributed by atoms with E-state index in [-0.39, 0.29) is 29.4 Å². The van der Waals surface area contributed by atoms with Crippen molar-refractivity contribution in [3.63, 3.8) is 0 Å². The summed E-state index contributed by atoms with van der Waals surface area (Å²) in [5.74, 6) is 0.406. The second-order valence-electron chi connectivity index (χ2n) is 8.26. The zero-order valence-electron chi connectivity index (χ0n) is 18.0. The highest BCUT2D eigenvalue weighted by Gasteiger charge is 2.34. The highest BCUT2D eigenvalue weighted by Crippen LogP contribution is 2.20. The summed E-state index contributed by atoms with van der Waals surface area (Å²) in [6.07, 6.45) is 2.49. The molecule has 0 aliphatic carbocycles. The lowest BCUT2D eigenvalue weighted by Crippen LogP contribution is -2.52. The molecule has 166 valence electrons. The first-order valence-electron chi connectivity index (χ1n) is 11.0. The summed E-state index contributed by atoms with van der Waals surface area (Å²) in [6, 6.07) is 7.10. The van der Waals surface area contributed by atoms with Gasteiger partial charge in [-0.05, 0) is 37.5 Å². The summed E-state index contributed by atoms with van der Waals surface area (Å²) in [5, 5.41) is 0. The molecule has 1 aromatic carbocycles. The van der Waals surface area contributed by atoms with Crippen molar-refractivity contribution in [2.24, 2.45) is 0 Å². The molecule has 1 unspecified atom stereocenters. The fraction of sp³-hybridized carbons (Fsp3) is 0.636. The molecule has 0 saturated carbocycles. The summed E-state index contributed by atoms with van der Waals surface area (Å²) in [4.78, 5) is 31.7. The molecular formula is C22H33N3O4S. The van der Waals surface area contributed by atoms with Gasteiger partial charge in [0.1, 0.15) is 0 Å². The van der Waals surface area contributed by atoms with Crippen molar-refractivity contribution in [2.75, 3.05) is 50.8 Å². The SMILES string of the molecule is CCCN(CCC)C(=O)c1cccc(C(=O)N2CCN(C3CCS(=O)(=O)C3)CC2)c1. The second kappa shape index (κ2) is 9.92. The molecule has 3 rings (SSSR count). The predicted octanol–water partition coefficient (Wildman–Crippen LogP) is 1.89. The minimum atomic E-state index is -2.90. The molecular weight excluding hydrogens is 402 g/mol. The number of hydrogen-bond donors (Lipinski definition) is 0. The van der Waals surface area contributed by atoms with Crippen molar-refractivity contribution < 1.29 is 18.0 Å². The van der Waals surface area contributed by atoms with Gasteiger partial charge in [0.2, 0.25) is 0 Å². The van der Waals surface area contributed by atoms with Crippen LogP contribution in [0.3, 0.4) is 0 Å². The van der Waals surface area contributed by atoms with Gasteiger partial charge in [-0.1, -0.05) is 19.9 Å². The van der Waals surface area contributed by atoms with Gasteiger partial charge in [-0.25, -0.2) is 8.42 Å². The normalized spacial score (nSPS) is 21.5. The van der Waals surface area contributed by atoms with Crippen molar-refractivity contribution in [1.29, 1.82) is 0 Å². The minimum Gasteiger partial charge on any atom is -0.339 e. The molecule has 7 nitrogen and oxygen atoms in total. The van der Waals surface area contributed by atoms with Crippen LogP contribution < -0.4 is 0 Å². The van der Waals surface area contributed by atoms with Crippen LogP contribution in [0, 0.1) is 0 Å². The highest BCUT2D eigenvalue weighted by atomic mass is 32.2. The number of carbonyl (C=O) groups is 2. The molecule has 0 N–H and O–H groups in total. The lowest BCUT2D eigenvalue weighted by molar-refractivity contribution is 0.0588. The van der Waals surface area contributed by atoms with E-state index in [4.69, 9.17) is 0 Å². The number of sulfone groups is 1. The fourth-order valence-corrected chi connectivity index (χ4v) is 6.12. The number of nitrogens with zero attached hydrogens (tertiary/aromatic N) is 3. The first-order valence-corrected chi connectivity index (χ1v) is 12.8. The Labute approximate surface area is 179 Å². The molecule has 2 aliphatic heterocycles. The highest BCUT2D eigenvalue weighted by molar-refractivity contribution is 7.91. The first-order chi connectivity index (χ1) is 14.3. The van der Waals surface area contributed by atoms with E-state index in [0.29, 0.717) is 56.8 Å². The number of rotatable bonds is 7. The lowest BCUT2D eigenvalue weighted by Gasteiger charge is -2.37. The number of amides is 2. The van der Waals surface area contributed by atoms with Gasteiger partial charge in [-0.15, -0.1) is 0 Å². The number of piperazine rings is 1. The van der Waals surface area contributed by atoms with Crippen molar-refractivity contribution in [3.8, 4) is 0 Å². The van der Waals surface area contributed by atoms with Gasteiger partial charge in [0.15, 0.2) is 9.84 Å². The largest absolute Gasteiger partial charge is 0.339 e. The Morgan fingerprint density at radius 3 is 2.23 bits per heavy atom. The monoisotopic (exact) mass is 435 g/mol. The third-order valence-corrected chi connectivity index (χ3v) is 7.71. The predicted molar refractivity (Wildman–Crippen MR) is 117 cm³/mol. The maximum Gasteiger partial charge on any atom is 0.253 e. The van der Waals surface area contributed by atoms with Crippen LogP contribution in [0.4, 0.5) is 0 Å². The smallest absolute Gasteiger partial charge is 0.253 e. The van der Waals surface area contributed by atoms with E-state index >= 15 is 0 Å². The molecule has 1 atom stereocenters. The van der Waals surface area contributed by atoms with Gasteiger partial charge in [0, 0.05) is 56.4 Å². The van der Waals surface area contributed by atoms with Gasteiger partial charge in [0.05, 0.1) is 11.5 Å². The van der Waals surface area contributed by atoms with Gasteiger partial charge < -0.3 is 9.80 Å². The van der Waals surface area contributed by atoms with Gasteiger partial charge in [-0.2, -0.15) is 0 Å². The Balaban J connectivity index is 1.62. The standard InChI is InChI=1S/C22H33N3O4S/c1-3-9-24(10-4-2)21(26)18-6-5-7-19(16-18)22(27)25-13-11-23(12-14-25)20-8-15-30(28,29)17-20/h5-7,16,20H,3-4,8-15,17H2,1-2H3. The molecule has 0 bridgehead atoms. The molecule has 30 heavy (non-hydrogen) atoms. The lowest BCUT2D eigenvalue weighted by atomic mass is 10.1. The number of hydrogen-bond acceptors (Lipinski definition) is 5. The van der Waals surface area contributed by atoms with Gasteiger partial charge >= 0.3 is 0 Å². The molecule has 2 amide bonds. The summed E-state index contributed by atoms with van der Waals surface area (Å²) in [5.41, 5.74) is 1.09. The number of carbonyl (C=O) groups excluding carboxylic acids is 2. The van der Waals surface area contributed by atoms with Crippen molar-refractivity contribution in [3.05, 3.63) is 35.4 Å². The van der Waals surface area contributed by atoms with E-state index in [9.17, 15) is 18.0 Å². The number of benzene rings is 1. The van der Waals surface area contributed by atoms with Crippen LogP contribution in [0.2, 0.25) is 0 Å². The third kappa shape index (κ3) is 5.40. The molecule has 8 heteroatoms. The Kier molecular flexibility index (Phi) is 7.52. The topological polar surface area (TPSA) is 78.0 Å². The van der Waals surface area contributed by atoms with E-state index in [1.807, 2.05) is 4.90 Å². The van der Waals surface area contributed by atoms with E-state index in [1.54, 1.807) is 29.2 Å². The van der Waals surface area contributed by atoms with Crippen LogP contribution >= 0.6 is 0 Å². The van der Waals surface area contributed by atoms with E-state index in [0.717, 1.165) is 12.8 Å². The van der Waals surface area contributed by atoms with Crippen molar-refractivity contribution in [1.82, 2.24) is 14.7 Å². The van der Waals surface area contributed by atoms with Crippen molar-refractivity contribution in [2.45, 2.75) is 39.2 Å². The Morgan fingerprint density at radius 1 is 1.03 bits per heavy atom. The van der Waals surface area contributed by atoms with Crippen LogP contribution in [0.15, 0.2) is 24.3 Å². The van der Waals surface area contributed by atoms with Crippen LogP contribution in [0.1, 0.15) is 53.8 Å². The van der Waals surface area contributed by atoms with Crippen LogP contribution in [-0.4, -0.2) is 91.7 Å². The summed E-state index contributed by atoms with van der Waals surface area (Å²) in [7, 11) is -2.90. The molecule has 0 radical (unpaired) electrons. The molecule has 1 aromatic rings. The summed E-state index contributed by atoms with van der Waals surface area (Å²) < 4.78 is 23.5. The Morgan fingerprint density at radius 2 is 1.67 bits per heavy atom. The summed E-state index contributed by atoms with van der Waals surface area (Å²) >= 11 is 0. The van der Waals surface area contributed by atoms with Gasteiger partial charge in [-0.3, -0.25) is 14.5 Å². The first kappa shape index (κ1) is 22.7. The average molecular weight is 436 g/mol. The minimum absolute atomic E-state index is 0.0272. The summed E-state index contributed by atoms with van der Waals surface area (Å²) in [6.45, 7) is 8.05. The van der Waals surface area contributed by atoms with Crippen LogP contribution in [-0.2, 0) is 9.84 Å². The van der Waals surface area contributed by atoms with E-state index in [2.05, 4.69) is 18.7 Å². The Bertz CT molecular complexity index is 857.